The number of amides is 2. The molecule has 3 aromatic rings. The molecule has 0 fully saturated rings. The molecule has 1 aliphatic heterocycles. The number of hydrogen-bond donors (Lipinski definition) is 1. The molecule has 0 radical (unpaired) electrons. The largest absolute Gasteiger partial charge is 0.350 e. The van der Waals surface area contributed by atoms with E-state index >= 15 is 0 Å². The fraction of sp³-hybridized carbons (Fsp3) is 0.259. The molecule has 31 heavy (non-hydrogen) atoms. The van der Waals surface area contributed by atoms with Crippen LogP contribution in [0.2, 0.25) is 0 Å². The molecule has 4 heteroatoms. The zero-order valence-corrected chi connectivity index (χ0v) is 18.3. The van der Waals surface area contributed by atoms with Crippen LogP contribution < -0.4 is 10.2 Å². The minimum absolute atomic E-state index is 0.136. The van der Waals surface area contributed by atoms with Crippen LogP contribution in [0.15, 0.2) is 72.8 Å². The van der Waals surface area contributed by atoms with Crippen LogP contribution >= 0.6 is 0 Å². The van der Waals surface area contributed by atoms with E-state index in [0.717, 1.165) is 34.4 Å². The van der Waals surface area contributed by atoms with Gasteiger partial charge in [0.1, 0.15) is 5.54 Å². The Hall–Kier alpha value is -3.40. The van der Waals surface area contributed by atoms with Crippen molar-refractivity contribution in [3.05, 3.63) is 101 Å². The number of benzene rings is 3. The van der Waals surface area contributed by atoms with E-state index in [1.165, 1.54) is 0 Å². The highest BCUT2D eigenvalue weighted by atomic mass is 16.2. The van der Waals surface area contributed by atoms with E-state index < -0.39 is 5.54 Å². The van der Waals surface area contributed by atoms with Crippen LogP contribution in [0, 0.1) is 6.92 Å². The summed E-state index contributed by atoms with van der Waals surface area (Å²) in [6.45, 7) is 6.42. The van der Waals surface area contributed by atoms with Crippen LogP contribution in [0.3, 0.4) is 0 Å². The highest BCUT2D eigenvalue weighted by molar-refractivity contribution is 6.14. The molecule has 0 saturated heterocycles. The molecular formula is C27H28N2O2. The summed E-state index contributed by atoms with van der Waals surface area (Å²) in [5, 5.41) is 3.10. The van der Waals surface area contributed by atoms with Crippen molar-refractivity contribution in [1.29, 1.82) is 0 Å². The number of nitrogens with zero attached hydrogens (tertiary/aromatic N) is 1. The molecule has 0 unspecified atom stereocenters. The van der Waals surface area contributed by atoms with Gasteiger partial charge in [-0.25, -0.2) is 0 Å². The number of fused-ring (bicyclic) bond motifs is 1. The number of nitrogens with one attached hydrogen (secondary N) is 1. The Morgan fingerprint density at radius 3 is 2.55 bits per heavy atom. The Morgan fingerprint density at radius 2 is 1.77 bits per heavy atom. The Morgan fingerprint density at radius 1 is 1.03 bits per heavy atom. The molecular weight excluding hydrogens is 384 g/mol. The monoisotopic (exact) mass is 412 g/mol. The number of rotatable bonds is 5. The molecule has 0 saturated carbocycles. The van der Waals surface area contributed by atoms with E-state index in [4.69, 9.17) is 0 Å². The van der Waals surface area contributed by atoms with E-state index in [-0.39, 0.29) is 11.8 Å². The van der Waals surface area contributed by atoms with E-state index in [1.54, 1.807) is 4.90 Å². The van der Waals surface area contributed by atoms with Crippen LogP contribution in [0.5, 0.6) is 0 Å². The smallest absolute Gasteiger partial charge is 0.259 e. The van der Waals surface area contributed by atoms with Crippen LogP contribution in [-0.2, 0) is 24.2 Å². The van der Waals surface area contributed by atoms with Crippen molar-refractivity contribution in [2.45, 2.75) is 45.7 Å². The second-order valence-electron chi connectivity index (χ2n) is 8.38. The summed E-state index contributed by atoms with van der Waals surface area (Å²) in [4.78, 5) is 28.9. The lowest BCUT2D eigenvalue weighted by atomic mass is 9.82. The lowest BCUT2D eigenvalue weighted by molar-refractivity contribution is -0.126. The maximum atomic E-state index is 13.6. The first-order valence-electron chi connectivity index (χ1n) is 10.8. The molecule has 3 aromatic carbocycles. The summed E-state index contributed by atoms with van der Waals surface area (Å²) in [6, 6.07) is 23.5. The van der Waals surface area contributed by atoms with Crippen molar-refractivity contribution in [3.63, 3.8) is 0 Å². The fourth-order valence-corrected chi connectivity index (χ4v) is 4.35. The van der Waals surface area contributed by atoms with Gasteiger partial charge in [0.05, 0.1) is 0 Å². The highest BCUT2D eigenvalue weighted by Crippen LogP contribution is 2.36. The molecule has 0 aliphatic carbocycles. The maximum Gasteiger partial charge on any atom is 0.259 e. The molecule has 1 heterocycles. The topological polar surface area (TPSA) is 49.4 Å². The minimum Gasteiger partial charge on any atom is -0.350 e. The number of aryl methyl sites for hydroxylation is 2. The Labute approximate surface area is 183 Å². The summed E-state index contributed by atoms with van der Waals surface area (Å²) in [7, 11) is 0. The van der Waals surface area contributed by atoms with Gasteiger partial charge in [0.25, 0.3) is 5.91 Å². The van der Waals surface area contributed by atoms with Crippen LogP contribution in [-0.4, -0.2) is 17.4 Å². The van der Waals surface area contributed by atoms with E-state index in [1.807, 2.05) is 86.6 Å². The Bertz CT molecular complexity index is 1140. The number of anilines is 1. The molecule has 0 bridgehead atoms. The zero-order valence-electron chi connectivity index (χ0n) is 18.3. The van der Waals surface area contributed by atoms with Crippen LogP contribution in [0.1, 0.15) is 46.5 Å². The summed E-state index contributed by atoms with van der Waals surface area (Å²) < 4.78 is 0. The third-order valence-electron chi connectivity index (χ3n) is 6.25. The molecule has 1 N–H and O–H groups in total. The van der Waals surface area contributed by atoms with Gasteiger partial charge in [-0.05, 0) is 60.7 Å². The van der Waals surface area contributed by atoms with Gasteiger partial charge in [-0.3, -0.25) is 14.5 Å². The lowest BCUT2D eigenvalue weighted by Gasteiger charge is -2.44. The van der Waals surface area contributed by atoms with Crippen LogP contribution in [0.4, 0.5) is 5.69 Å². The Balaban J connectivity index is 1.73. The first kappa shape index (κ1) is 20.9. The molecule has 2 amide bonds. The van der Waals surface area contributed by atoms with Crippen molar-refractivity contribution in [3.8, 4) is 0 Å². The molecule has 4 rings (SSSR count). The molecule has 0 aromatic heterocycles. The van der Waals surface area contributed by atoms with Crippen molar-refractivity contribution in [2.75, 3.05) is 4.90 Å². The van der Waals surface area contributed by atoms with Gasteiger partial charge in [-0.2, -0.15) is 0 Å². The third-order valence-corrected chi connectivity index (χ3v) is 6.25. The second-order valence-corrected chi connectivity index (χ2v) is 8.38. The summed E-state index contributed by atoms with van der Waals surface area (Å²) in [5.41, 5.74) is 4.63. The predicted octanol–water partition coefficient (Wildman–Crippen LogP) is 4.84. The third kappa shape index (κ3) is 3.86. The Kier molecular flexibility index (Phi) is 5.64. The van der Waals surface area contributed by atoms with E-state index in [2.05, 4.69) is 12.2 Å². The van der Waals surface area contributed by atoms with Crippen molar-refractivity contribution >= 4 is 17.5 Å². The summed E-state index contributed by atoms with van der Waals surface area (Å²) in [6.07, 6.45) is 1.33. The molecule has 1 aliphatic rings. The molecule has 0 spiro atoms. The lowest BCUT2D eigenvalue weighted by Crippen LogP contribution is -2.63. The van der Waals surface area contributed by atoms with Gasteiger partial charge in [0.2, 0.25) is 5.91 Å². The van der Waals surface area contributed by atoms with Gasteiger partial charge in [-0.15, -0.1) is 0 Å². The van der Waals surface area contributed by atoms with Gasteiger partial charge in [0.15, 0.2) is 0 Å². The van der Waals surface area contributed by atoms with E-state index in [9.17, 15) is 9.59 Å². The molecule has 1 atom stereocenters. The molecule has 4 nitrogen and oxygen atoms in total. The summed E-state index contributed by atoms with van der Waals surface area (Å²) >= 11 is 0. The predicted molar refractivity (Wildman–Crippen MR) is 124 cm³/mol. The highest BCUT2D eigenvalue weighted by Gasteiger charge is 2.47. The second kappa shape index (κ2) is 8.38. The first-order valence-corrected chi connectivity index (χ1v) is 10.8. The number of hydrogen-bond acceptors (Lipinski definition) is 2. The standard InChI is InChI=1S/C27H28N2O2/c1-4-20-11-9-14-23(16-20)29-25(30)24-15-8-7-12-21(24)17-27(29,3)26(31)28-18-22-13-6-5-10-19(22)2/h5-16H,4,17-18H2,1-3H3,(H,28,31)/t27-/m1/s1. The van der Waals surface area contributed by atoms with E-state index in [0.29, 0.717) is 18.5 Å². The zero-order chi connectivity index (χ0) is 22.0. The van der Waals surface area contributed by atoms with Crippen molar-refractivity contribution < 1.29 is 9.59 Å². The fourth-order valence-electron chi connectivity index (χ4n) is 4.35. The summed E-state index contributed by atoms with van der Waals surface area (Å²) in [5.74, 6) is -0.288. The minimum atomic E-state index is -1.03. The normalized spacial score (nSPS) is 17.9. The average molecular weight is 413 g/mol. The van der Waals surface area contributed by atoms with Crippen molar-refractivity contribution in [2.24, 2.45) is 0 Å². The van der Waals surface area contributed by atoms with Gasteiger partial charge < -0.3 is 5.32 Å². The first-order chi connectivity index (χ1) is 14.9. The van der Waals surface area contributed by atoms with Crippen LogP contribution in [0.25, 0.3) is 0 Å². The molecule has 158 valence electrons. The van der Waals surface area contributed by atoms with Gasteiger partial charge in [0, 0.05) is 24.2 Å². The number of carbonyl (C=O) groups excluding carboxylic acids is 2. The van der Waals surface area contributed by atoms with Crippen molar-refractivity contribution in [1.82, 2.24) is 5.32 Å². The quantitative estimate of drug-likeness (QED) is 0.652. The average Bonchev–Trinajstić information content (AvgIpc) is 2.78. The maximum absolute atomic E-state index is 13.6. The SMILES string of the molecule is CCc1cccc(N2C(=O)c3ccccc3C[C@]2(C)C(=O)NCc2ccccc2C)c1. The van der Waals surface area contributed by atoms with Gasteiger partial charge >= 0.3 is 0 Å². The van der Waals surface area contributed by atoms with Gasteiger partial charge in [-0.1, -0.05) is 61.5 Å². The number of carbonyl (C=O) groups is 2.